The Bertz CT molecular complexity index is 11900. The number of aromatic nitrogens is 13. The Morgan fingerprint density at radius 2 is 0.347 bits per heavy atom. The largest absolute Gasteiger partial charge is 0.309 e. The number of rotatable bonds is 5. The first-order valence-corrected chi connectivity index (χ1v) is 50.5. The first kappa shape index (κ1) is 78.7. The van der Waals surface area contributed by atoms with E-state index in [1.165, 1.54) is 257 Å². The van der Waals surface area contributed by atoms with Gasteiger partial charge in [-0.25, -0.2) is 9.97 Å². The van der Waals surface area contributed by atoms with Crippen LogP contribution in [0.3, 0.4) is 0 Å². The molecule has 0 aliphatic carbocycles. The molecule has 0 amide bonds. The van der Waals surface area contributed by atoms with Gasteiger partial charge in [0.15, 0.2) is 0 Å². The third kappa shape index (κ3) is 10.5. The quantitative estimate of drug-likeness (QED) is 0.172. The highest BCUT2D eigenvalue weighted by Gasteiger charge is 2.30. The molecule has 37 aromatic rings. The minimum Gasteiger partial charge on any atom is -0.309 e. The second-order valence-electron chi connectivity index (χ2n) is 39.4. The molecule has 0 N–H and O–H groups in total. The molecule has 680 valence electrons. The number of hydrogen-bond donors (Lipinski definition) is 0. The summed E-state index contributed by atoms with van der Waals surface area (Å²) in [4.78, 5) is 10.3. The Labute approximate surface area is 834 Å². The smallest absolute Gasteiger partial charge is 0.220 e. The number of para-hydroxylation sites is 21. The summed E-state index contributed by atoms with van der Waals surface area (Å²) in [6.45, 7) is 0. The molecular weight excluding hydrogens is 1790 g/mol. The third-order valence-electron chi connectivity index (χ3n) is 32.1. The molecule has 147 heavy (non-hydrogen) atoms. The number of nitrogens with zero attached hydrogens (tertiary/aromatic N) is 13. The summed E-state index contributed by atoms with van der Waals surface area (Å²) in [7, 11) is 0. The number of imidazole rings is 4. The fourth-order valence-corrected chi connectivity index (χ4v) is 26.3. The van der Waals surface area contributed by atoms with Crippen LogP contribution in [0.15, 0.2) is 479 Å². The van der Waals surface area contributed by atoms with E-state index < -0.39 is 0 Å². The van der Waals surface area contributed by atoms with Crippen LogP contribution in [-0.2, 0) is 0 Å². The molecule has 0 spiro atoms. The molecule has 0 bridgehead atoms. The maximum absolute atomic E-state index is 5.21. The average molecular weight is 1870 g/mol. The molecule has 0 aliphatic heterocycles. The van der Waals surface area contributed by atoms with Crippen molar-refractivity contribution in [3.63, 3.8) is 0 Å². The Hall–Kier alpha value is -20.0. The fraction of sp³-hybridized carbons (Fsp3) is 0. The van der Waals surface area contributed by atoms with Crippen LogP contribution in [0.4, 0.5) is 0 Å². The monoisotopic (exact) mass is 1870 g/mol. The molecule has 0 fully saturated rings. The minimum absolute atomic E-state index is 0.944. The van der Waals surface area contributed by atoms with Crippen LogP contribution in [0.25, 0.3) is 302 Å². The number of fused-ring (bicyclic) bond motifs is 43. The molecule has 0 saturated carbocycles. The van der Waals surface area contributed by atoms with Crippen LogP contribution in [0.2, 0.25) is 0 Å². The van der Waals surface area contributed by atoms with Gasteiger partial charge in [0, 0.05) is 136 Å². The minimum atomic E-state index is 0.944. The predicted octanol–water partition coefficient (Wildman–Crippen LogP) is 34.1. The van der Waals surface area contributed by atoms with E-state index >= 15 is 0 Å². The highest BCUT2D eigenvalue weighted by Crippen LogP contribution is 2.50. The molecule has 13 nitrogen and oxygen atoms in total. The molecular formula is C134H79N13. The molecule has 13 heteroatoms. The van der Waals surface area contributed by atoms with Crippen LogP contribution < -0.4 is 0 Å². The zero-order valence-corrected chi connectivity index (χ0v) is 78.9. The summed E-state index contributed by atoms with van der Waals surface area (Å²) in [5, 5.41) is 28.2. The molecule has 0 aliphatic rings. The predicted molar refractivity (Wildman–Crippen MR) is 614 cm³/mol. The van der Waals surface area contributed by atoms with Crippen molar-refractivity contribution in [2.75, 3.05) is 0 Å². The summed E-state index contributed by atoms with van der Waals surface area (Å²) in [5.41, 5.74) is 37.2. The lowest BCUT2D eigenvalue weighted by Gasteiger charge is -2.12. The van der Waals surface area contributed by atoms with E-state index in [1.54, 1.807) is 0 Å². The average Bonchev–Trinajstić information content (AvgIpc) is 1.51. The van der Waals surface area contributed by atoms with Gasteiger partial charge in [-0.3, -0.25) is 17.6 Å². The third-order valence-corrected chi connectivity index (χ3v) is 32.1. The molecule has 0 radical (unpaired) electrons. The molecule has 0 unspecified atom stereocenters. The summed E-state index contributed by atoms with van der Waals surface area (Å²) >= 11 is 0. The van der Waals surface area contributed by atoms with Crippen molar-refractivity contribution in [3.05, 3.63) is 479 Å². The van der Waals surface area contributed by atoms with Gasteiger partial charge in [0.1, 0.15) is 0 Å². The van der Waals surface area contributed by atoms with Gasteiger partial charge < -0.3 is 31.6 Å². The summed E-state index contributed by atoms with van der Waals surface area (Å²) < 4.78 is 26.4. The second-order valence-corrected chi connectivity index (χ2v) is 39.4. The zero-order valence-electron chi connectivity index (χ0n) is 78.9. The van der Waals surface area contributed by atoms with Crippen LogP contribution in [0, 0.1) is 0 Å². The Balaban J connectivity index is 0.0000000853. The van der Waals surface area contributed by atoms with Gasteiger partial charge in [0.2, 0.25) is 11.6 Å². The molecule has 0 atom stereocenters. The van der Waals surface area contributed by atoms with Gasteiger partial charge in [0.25, 0.3) is 0 Å². The molecule has 15 aromatic heterocycles. The van der Waals surface area contributed by atoms with Crippen molar-refractivity contribution >= 4 is 273 Å². The highest BCUT2D eigenvalue weighted by molar-refractivity contribution is 6.28. The van der Waals surface area contributed by atoms with E-state index in [0.717, 1.165) is 45.0 Å². The lowest BCUT2D eigenvalue weighted by atomic mass is 10.1. The fourth-order valence-electron chi connectivity index (χ4n) is 26.3. The van der Waals surface area contributed by atoms with Crippen LogP contribution in [0.5, 0.6) is 0 Å². The maximum atomic E-state index is 5.21. The van der Waals surface area contributed by atoms with Crippen molar-refractivity contribution in [3.8, 4) is 28.4 Å². The van der Waals surface area contributed by atoms with E-state index in [4.69, 9.17) is 9.97 Å². The van der Waals surface area contributed by atoms with Crippen LogP contribution >= 0.6 is 0 Å². The molecule has 15 heterocycles. The number of hydrogen-bond acceptors (Lipinski definition) is 2. The van der Waals surface area contributed by atoms with E-state index in [-0.39, 0.29) is 0 Å². The lowest BCUT2D eigenvalue weighted by molar-refractivity contribution is 1.15. The molecule has 0 saturated heterocycles. The van der Waals surface area contributed by atoms with Crippen LogP contribution in [-0.4, -0.2) is 59.2 Å². The van der Waals surface area contributed by atoms with Gasteiger partial charge in [0.05, 0.1) is 155 Å². The van der Waals surface area contributed by atoms with Crippen molar-refractivity contribution in [2.24, 2.45) is 0 Å². The second kappa shape index (κ2) is 29.3. The van der Waals surface area contributed by atoms with E-state index in [9.17, 15) is 0 Å². The van der Waals surface area contributed by atoms with E-state index in [1.807, 2.05) is 0 Å². The van der Waals surface area contributed by atoms with Crippen molar-refractivity contribution in [2.45, 2.75) is 0 Å². The van der Waals surface area contributed by atoms with Gasteiger partial charge in [-0.05, 0) is 164 Å². The Morgan fingerprint density at radius 1 is 0.116 bits per heavy atom. The standard InChI is InChI=1S/C43H25N5.C31H18N4.2C30H18N2/c1-5-17-34-27(11-1)28-12-2-6-18-35(28)45(34)26-23-24-37-32(25-26)29-13-3-7-19-36(29)46(37)39-21-9-14-30-31-15-10-22-40-42(31)48(41(30)39)43-44-33-16-4-8-20-38(33)47(40)43;1-4-14-24-19(9-1)20-10-2-5-15-25(20)33(24)27-17-7-11-21-22-12-8-18-28-30(22)35(29(21)27)31-32-23-13-3-6-16-26(23)34(28)31;1-5-13-26-20(9-1)21-10-2-6-14-27(21)31(26)19-17-24-22-11-3-7-15-28(22)32-29-16-8-4-12-23(29)25(18-19)30(24)32;1-4-13-26-20(8-1)21-9-2-5-14-27(21)31(26)19-16-17-23-25-12-7-11-24-22-10-3-6-15-28(22)32(30(24)25)29(23)18-19/h1-25H;1-18H;2*1-18H. The van der Waals surface area contributed by atoms with Gasteiger partial charge in [-0.2, -0.15) is 0 Å². The molecule has 22 aromatic carbocycles. The van der Waals surface area contributed by atoms with Crippen molar-refractivity contribution in [1.29, 1.82) is 0 Å². The summed E-state index contributed by atoms with van der Waals surface area (Å²) in [6.07, 6.45) is 0. The normalized spacial score (nSPS) is 12.5. The summed E-state index contributed by atoms with van der Waals surface area (Å²) in [5.74, 6) is 1.90. The lowest BCUT2D eigenvalue weighted by Crippen LogP contribution is -1.98. The van der Waals surface area contributed by atoms with E-state index in [2.05, 4.69) is 528 Å². The first-order chi connectivity index (χ1) is 73.0. The molecule has 37 rings (SSSR count). The number of benzene rings is 22. The van der Waals surface area contributed by atoms with Crippen LogP contribution in [0.1, 0.15) is 0 Å². The van der Waals surface area contributed by atoms with Crippen molar-refractivity contribution in [1.82, 2.24) is 59.2 Å². The van der Waals surface area contributed by atoms with Gasteiger partial charge in [-0.15, -0.1) is 0 Å². The van der Waals surface area contributed by atoms with Gasteiger partial charge in [-0.1, -0.05) is 315 Å². The Kier molecular flexibility index (Phi) is 15.7. The zero-order chi connectivity index (χ0) is 95.4. The van der Waals surface area contributed by atoms with Crippen molar-refractivity contribution < 1.29 is 0 Å². The Morgan fingerprint density at radius 3 is 0.728 bits per heavy atom. The van der Waals surface area contributed by atoms with Gasteiger partial charge >= 0.3 is 0 Å². The first-order valence-electron chi connectivity index (χ1n) is 50.5. The highest BCUT2D eigenvalue weighted by atomic mass is 15.2. The topological polar surface area (TPSA) is 76.9 Å². The van der Waals surface area contributed by atoms with E-state index in [0.29, 0.717) is 0 Å². The SMILES string of the molecule is c1ccc2c(c1)c1ccccc1n2-c1cc2c3ccccc3n3c4ccccc4c(c1)c23.c1ccc2c(c1)c1ccccc1n2-c1ccc2c3cccc4c5ccccc5n(c2c1)c43.c1ccc2c(c1)nc1n2c2cccc3c4cccc(-n5c6ccccc6c6cc(-n7c8ccccc8c8ccccc87)ccc65)c4n1c32.c1ccc2c(c1)nc1n2c2cccc3c4cccc(-n5c6ccccc6c6ccccc65)c4n1c32. The summed E-state index contributed by atoms with van der Waals surface area (Å²) in [6, 6.07) is 174. The maximum Gasteiger partial charge on any atom is 0.220 e.